The van der Waals surface area contributed by atoms with Crippen molar-refractivity contribution in [2.24, 2.45) is 5.92 Å². The number of nitrogens with one attached hydrogen (secondary N) is 1. The fourth-order valence-electron chi connectivity index (χ4n) is 2.34. The second-order valence-electron chi connectivity index (χ2n) is 6.41. The van der Waals surface area contributed by atoms with Crippen molar-refractivity contribution in [3.8, 4) is 0 Å². The first-order chi connectivity index (χ1) is 10.6. The largest absolute Gasteiger partial charge is 0.356 e. The highest BCUT2D eigenvalue weighted by atomic mass is 32.2. The van der Waals surface area contributed by atoms with Gasteiger partial charge in [-0.25, -0.2) is 8.42 Å². The van der Waals surface area contributed by atoms with Gasteiger partial charge in [0, 0.05) is 19.5 Å². The van der Waals surface area contributed by atoms with E-state index in [4.69, 9.17) is 0 Å². The highest BCUT2D eigenvalue weighted by molar-refractivity contribution is 7.92. The van der Waals surface area contributed by atoms with Crippen molar-refractivity contribution < 1.29 is 13.2 Å². The lowest BCUT2D eigenvalue weighted by atomic mass is 10.1. The molecule has 0 aliphatic carbocycles. The van der Waals surface area contributed by atoms with Crippen LogP contribution in [0.15, 0.2) is 18.2 Å². The lowest BCUT2D eigenvalue weighted by Crippen LogP contribution is -2.35. The molecule has 0 atom stereocenters. The molecule has 1 aromatic carbocycles. The summed E-state index contributed by atoms with van der Waals surface area (Å²) in [6.07, 6.45) is 2.24. The van der Waals surface area contributed by atoms with Crippen LogP contribution in [0.3, 0.4) is 0 Å². The maximum absolute atomic E-state index is 12.1. The number of rotatable bonds is 8. The van der Waals surface area contributed by atoms with Crippen molar-refractivity contribution in [2.45, 2.75) is 40.5 Å². The second-order valence-corrected chi connectivity index (χ2v) is 8.31. The second kappa shape index (κ2) is 8.34. The normalized spacial score (nSPS) is 11.6. The number of carbonyl (C=O) groups excluding carboxylic acids is 1. The van der Waals surface area contributed by atoms with Crippen molar-refractivity contribution in [1.82, 2.24) is 5.32 Å². The molecule has 0 aromatic heterocycles. The lowest BCUT2D eigenvalue weighted by molar-refractivity contribution is -0.120. The van der Waals surface area contributed by atoms with Crippen LogP contribution in [0.5, 0.6) is 0 Å². The van der Waals surface area contributed by atoms with Crippen molar-refractivity contribution in [3.63, 3.8) is 0 Å². The highest BCUT2D eigenvalue weighted by Crippen LogP contribution is 2.23. The van der Waals surface area contributed by atoms with E-state index in [0.717, 1.165) is 17.5 Å². The average Bonchev–Trinajstić information content (AvgIpc) is 2.39. The molecule has 0 unspecified atom stereocenters. The summed E-state index contributed by atoms with van der Waals surface area (Å²) in [6.45, 7) is 8.80. The molecule has 1 rings (SSSR count). The van der Waals surface area contributed by atoms with Gasteiger partial charge in [0.1, 0.15) is 0 Å². The van der Waals surface area contributed by atoms with Gasteiger partial charge in [0.2, 0.25) is 15.9 Å². The maximum Gasteiger partial charge on any atom is 0.232 e. The van der Waals surface area contributed by atoms with Gasteiger partial charge in [-0.05, 0) is 37.8 Å². The van der Waals surface area contributed by atoms with E-state index in [9.17, 15) is 13.2 Å². The molecule has 0 aliphatic rings. The zero-order chi connectivity index (χ0) is 17.6. The van der Waals surface area contributed by atoms with E-state index in [0.29, 0.717) is 18.2 Å². The smallest absolute Gasteiger partial charge is 0.232 e. The van der Waals surface area contributed by atoms with Gasteiger partial charge >= 0.3 is 0 Å². The van der Waals surface area contributed by atoms with Gasteiger partial charge in [-0.15, -0.1) is 0 Å². The van der Waals surface area contributed by atoms with Crippen LogP contribution in [0.2, 0.25) is 0 Å². The van der Waals surface area contributed by atoms with E-state index in [-0.39, 0.29) is 18.9 Å². The van der Waals surface area contributed by atoms with Crippen LogP contribution in [-0.2, 0) is 14.8 Å². The van der Waals surface area contributed by atoms with E-state index < -0.39 is 10.0 Å². The van der Waals surface area contributed by atoms with Gasteiger partial charge in [0.05, 0.1) is 11.9 Å². The molecule has 0 heterocycles. The number of hydrogen-bond acceptors (Lipinski definition) is 3. The van der Waals surface area contributed by atoms with E-state index in [1.54, 1.807) is 6.07 Å². The number of aryl methyl sites for hydroxylation is 2. The Morgan fingerprint density at radius 1 is 1.26 bits per heavy atom. The fraction of sp³-hybridized carbons (Fsp3) is 0.588. The Labute approximate surface area is 140 Å². The Bertz CT molecular complexity index is 639. The number of benzene rings is 1. The van der Waals surface area contributed by atoms with Crippen LogP contribution in [0, 0.1) is 19.8 Å². The summed E-state index contributed by atoms with van der Waals surface area (Å²) in [5, 5.41) is 2.84. The molecule has 1 N–H and O–H groups in total. The minimum Gasteiger partial charge on any atom is -0.356 e. The molecule has 0 saturated carbocycles. The third-order valence-corrected chi connectivity index (χ3v) is 4.79. The first kappa shape index (κ1) is 19.5. The average molecular weight is 340 g/mol. The predicted molar refractivity (Wildman–Crippen MR) is 95.2 cm³/mol. The highest BCUT2D eigenvalue weighted by Gasteiger charge is 2.20. The Morgan fingerprint density at radius 2 is 1.91 bits per heavy atom. The van der Waals surface area contributed by atoms with E-state index in [1.807, 2.05) is 26.0 Å². The quantitative estimate of drug-likeness (QED) is 0.791. The number of nitrogens with zero attached hydrogens (tertiary/aromatic N) is 1. The lowest BCUT2D eigenvalue weighted by Gasteiger charge is -2.24. The zero-order valence-corrected chi connectivity index (χ0v) is 15.5. The van der Waals surface area contributed by atoms with Gasteiger partial charge in [-0.3, -0.25) is 9.10 Å². The number of sulfonamides is 1. The third-order valence-electron chi connectivity index (χ3n) is 3.61. The maximum atomic E-state index is 12.1. The van der Waals surface area contributed by atoms with E-state index in [2.05, 4.69) is 19.2 Å². The molecule has 0 saturated heterocycles. The standard InChI is InChI=1S/C17H28N2O3S/c1-13(2)8-10-18-17(20)9-11-19(23(5,21)22)16-7-6-14(3)12-15(16)4/h6-7,12-13H,8-11H2,1-5H3,(H,18,20). The molecular weight excluding hydrogens is 312 g/mol. The molecule has 0 fully saturated rings. The Morgan fingerprint density at radius 3 is 2.43 bits per heavy atom. The molecule has 6 heteroatoms. The number of hydrogen-bond donors (Lipinski definition) is 1. The Balaban J connectivity index is 2.76. The van der Waals surface area contributed by atoms with E-state index in [1.165, 1.54) is 10.6 Å². The zero-order valence-electron chi connectivity index (χ0n) is 14.7. The molecule has 0 bridgehead atoms. The van der Waals surface area contributed by atoms with Gasteiger partial charge in [-0.1, -0.05) is 31.5 Å². The summed E-state index contributed by atoms with van der Waals surface area (Å²) in [5.41, 5.74) is 2.59. The predicted octanol–water partition coefficient (Wildman–Crippen LogP) is 2.62. The number of carbonyl (C=O) groups is 1. The van der Waals surface area contributed by atoms with Crippen LogP contribution in [-0.4, -0.2) is 33.7 Å². The SMILES string of the molecule is Cc1ccc(N(CCC(=O)NCCC(C)C)S(C)(=O)=O)c(C)c1. The van der Waals surface area contributed by atoms with Gasteiger partial charge < -0.3 is 5.32 Å². The topological polar surface area (TPSA) is 66.5 Å². The summed E-state index contributed by atoms with van der Waals surface area (Å²) in [6, 6.07) is 5.61. The molecule has 1 amide bonds. The van der Waals surface area contributed by atoms with Gasteiger partial charge in [0.15, 0.2) is 0 Å². The third kappa shape index (κ3) is 6.60. The Kier molecular flexibility index (Phi) is 7.06. The summed E-state index contributed by atoms with van der Waals surface area (Å²) in [4.78, 5) is 11.9. The summed E-state index contributed by atoms with van der Waals surface area (Å²) >= 11 is 0. The molecule has 5 nitrogen and oxygen atoms in total. The molecule has 0 aliphatic heterocycles. The summed E-state index contributed by atoms with van der Waals surface area (Å²) in [5.74, 6) is 0.405. The Hall–Kier alpha value is -1.56. The van der Waals surface area contributed by atoms with Crippen molar-refractivity contribution >= 4 is 21.6 Å². The van der Waals surface area contributed by atoms with Crippen LogP contribution in [0.4, 0.5) is 5.69 Å². The van der Waals surface area contributed by atoms with Crippen LogP contribution in [0.1, 0.15) is 37.8 Å². The number of amides is 1. The van der Waals surface area contributed by atoms with Crippen LogP contribution >= 0.6 is 0 Å². The molecule has 130 valence electrons. The van der Waals surface area contributed by atoms with E-state index >= 15 is 0 Å². The molecule has 1 aromatic rings. The summed E-state index contributed by atoms with van der Waals surface area (Å²) in [7, 11) is -3.43. The van der Waals surface area contributed by atoms with Gasteiger partial charge in [0.25, 0.3) is 0 Å². The van der Waals surface area contributed by atoms with Crippen LogP contribution in [0.25, 0.3) is 0 Å². The molecule has 23 heavy (non-hydrogen) atoms. The molecular formula is C17H28N2O3S. The minimum atomic E-state index is -3.43. The molecule has 0 spiro atoms. The first-order valence-corrected chi connectivity index (χ1v) is 9.77. The minimum absolute atomic E-state index is 0.121. The fourth-order valence-corrected chi connectivity index (χ4v) is 3.33. The van der Waals surface area contributed by atoms with Crippen LogP contribution < -0.4 is 9.62 Å². The first-order valence-electron chi connectivity index (χ1n) is 7.93. The van der Waals surface area contributed by atoms with Crippen molar-refractivity contribution in [1.29, 1.82) is 0 Å². The molecule has 0 radical (unpaired) electrons. The van der Waals surface area contributed by atoms with Crippen molar-refractivity contribution in [2.75, 3.05) is 23.7 Å². The monoisotopic (exact) mass is 340 g/mol. The van der Waals surface area contributed by atoms with Crippen molar-refractivity contribution in [3.05, 3.63) is 29.3 Å². The summed E-state index contributed by atoms with van der Waals surface area (Å²) < 4.78 is 25.5. The number of anilines is 1. The van der Waals surface area contributed by atoms with Gasteiger partial charge in [-0.2, -0.15) is 0 Å².